The van der Waals surface area contributed by atoms with Gasteiger partial charge in [0.2, 0.25) is 5.28 Å². The van der Waals surface area contributed by atoms with E-state index >= 15 is 0 Å². The van der Waals surface area contributed by atoms with E-state index in [0.29, 0.717) is 22.4 Å². The van der Waals surface area contributed by atoms with Gasteiger partial charge in [-0.2, -0.15) is 0 Å². The van der Waals surface area contributed by atoms with Gasteiger partial charge < -0.3 is 4.57 Å². The molecule has 23 heavy (non-hydrogen) atoms. The molecule has 0 atom stereocenters. The molecule has 1 fully saturated rings. The average Bonchev–Trinajstić information content (AvgIpc) is 3.28. The Labute approximate surface area is 135 Å². The predicted octanol–water partition coefficient (Wildman–Crippen LogP) is 3.22. The van der Waals surface area contributed by atoms with Crippen molar-refractivity contribution in [3.8, 4) is 11.4 Å². The van der Waals surface area contributed by atoms with Crippen molar-refractivity contribution in [2.45, 2.75) is 25.8 Å². The number of rotatable bonds is 3. The van der Waals surface area contributed by atoms with Gasteiger partial charge >= 0.3 is 0 Å². The van der Waals surface area contributed by atoms with Gasteiger partial charge in [-0.15, -0.1) is 0 Å². The van der Waals surface area contributed by atoms with E-state index in [2.05, 4.69) is 19.9 Å². The van der Waals surface area contributed by atoms with Crippen molar-refractivity contribution in [3.63, 3.8) is 0 Å². The number of ketones is 1. The summed E-state index contributed by atoms with van der Waals surface area (Å²) in [6.45, 7) is 1.50. The van der Waals surface area contributed by atoms with Gasteiger partial charge in [-0.25, -0.2) is 24.3 Å². The largest absolute Gasteiger partial charge is 0.320 e. The Bertz CT molecular complexity index is 950. The SMILES string of the molecule is CC(=O)c1cc2c(-c3nc(Cl)ncc3F)ncnc2n1C1CC1. The summed E-state index contributed by atoms with van der Waals surface area (Å²) in [5.41, 5.74) is 1.46. The second kappa shape index (κ2) is 5.06. The van der Waals surface area contributed by atoms with Gasteiger partial charge in [0.05, 0.1) is 11.9 Å². The number of aromatic nitrogens is 5. The highest BCUT2D eigenvalue weighted by Gasteiger charge is 2.30. The van der Waals surface area contributed by atoms with Gasteiger partial charge in [-0.1, -0.05) is 0 Å². The molecule has 1 aliphatic carbocycles. The van der Waals surface area contributed by atoms with Crippen molar-refractivity contribution in [1.82, 2.24) is 24.5 Å². The Morgan fingerprint density at radius 3 is 2.78 bits per heavy atom. The van der Waals surface area contributed by atoms with Crippen LogP contribution in [0.25, 0.3) is 22.4 Å². The number of halogens is 2. The smallest absolute Gasteiger partial charge is 0.223 e. The Balaban J connectivity index is 2.04. The van der Waals surface area contributed by atoms with Crippen LogP contribution in [0.2, 0.25) is 5.28 Å². The van der Waals surface area contributed by atoms with Gasteiger partial charge in [0.1, 0.15) is 23.4 Å². The van der Waals surface area contributed by atoms with Crippen molar-refractivity contribution < 1.29 is 9.18 Å². The lowest BCUT2D eigenvalue weighted by molar-refractivity contribution is 0.100. The van der Waals surface area contributed by atoms with Crippen LogP contribution >= 0.6 is 11.6 Å². The zero-order valence-electron chi connectivity index (χ0n) is 12.1. The quantitative estimate of drug-likeness (QED) is 0.544. The molecule has 8 heteroatoms. The summed E-state index contributed by atoms with van der Waals surface area (Å²) in [5, 5.41) is 0.514. The third-order valence-electron chi connectivity index (χ3n) is 3.84. The third-order valence-corrected chi connectivity index (χ3v) is 4.03. The summed E-state index contributed by atoms with van der Waals surface area (Å²) in [6.07, 6.45) is 4.34. The molecule has 116 valence electrons. The Kier molecular flexibility index (Phi) is 3.12. The third kappa shape index (κ3) is 2.28. The molecule has 0 aliphatic heterocycles. The first-order chi connectivity index (χ1) is 11.1. The minimum Gasteiger partial charge on any atom is -0.320 e. The van der Waals surface area contributed by atoms with Gasteiger partial charge in [0, 0.05) is 18.4 Å². The zero-order chi connectivity index (χ0) is 16.1. The molecular formula is C15H11ClFN5O. The van der Waals surface area contributed by atoms with E-state index in [1.807, 2.05) is 4.57 Å². The number of carbonyl (C=O) groups is 1. The summed E-state index contributed by atoms with van der Waals surface area (Å²) < 4.78 is 16.0. The molecule has 0 saturated heterocycles. The molecule has 0 spiro atoms. The van der Waals surface area contributed by atoms with Crippen LogP contribution in [0.5, 0.6) is 0 Å². The number of fused-ring (bicyclic) bond motifs is 1. The van der Waals surface area contributed by atoms with Gasteiger partial charge in [-0.3, -0.25) is 4.79 Å². The Morgan fingerprint density at radius 2 is 2.09 bits per heavy atom. The van der Waals surface area contributed by atoms with E-state index in [1.165, 1.54) is 13.3 Å². The second-order valence-corrected chi connectivity index (χ2v) is 5.82. The summed E-state index contributed by atoms with van der Waals surface area (Å²) in [5.74, 6) is -0.694. The summed E-state index contributed by atoms with van der Waals surface area (Å²) >= 11 is 5.77. The van der Waals surface area contributed by atoms with Crippen LogP contribution in [0.3, 0.4) is 0 Å². The van der Waals surface area contributed by atoms with Crippen molar-refractivity contribution >= 4 is 28.4 Å². The van der Waals surface area contributed by atoms with Gasteiger partial charge in [0.25, 0.3) is 0 Å². The van der Waals surface area contributed by atoms with Gasteiger partial charge in [-0.05, 0) is 30.5 Å². The van der Waals surface area contributed by atoms with E-state index in [9.17, 15) is 9.18 Å². The first-order valence-corrected chi connectivity index (χ1v) is 7.49. The lowest BCUT2D eigenvalue weighted by Crippen LogP contribution is -2.05. The highest BCUT2D eigenvalue weighted by atomic mass is 35.5. The highest BCUT2D eigenvalue weighted by molar-refractivity contribution is 6.28. The molecule has 6 nitrogen and oxygen atoms in total. The first kappa shape index (κ1) is 14.2. The van der Waals surface area contributed by atoms with Crippen LogP contribution in [-0.4, -0.2) is 30.3 Å². The van der Waals surface area contributed by atoms with E-state index in [-0.39, 0.29) is 22.8 Å². The molecule has 3 heterocycles. The molecule has 1 saturated carbocycles. The minimum atomic E-state index is -0.627. The lowest BCUT2D eigenvalue weighted by atomic mass is 10.2. The van der Waals surface area contributed by atoms with E-state index in [1.54, 1.807) is 6.07 Å². The molecule has 1 aliphatic rings. The van der Waals surface area contributed by atoms with Crippen molar-refractivity contribution in [3.05, 3.63) is 35.4 Å². The molecule has 0 aromatic carbocycles. The average molecular weight is 332 g/mol. The predicted molar refractivity (Wildman–Crippen MR) is 81.8 cm³/mol. The maximum atomic E-state index is 14.1. The van der Waals surface area contributed by atoms with Crippen molar-refractivity contribution in [2.24, 2.45) is 0 Å². The van der Waals surface area contributed by atoms with E-state index in [0.717, 1.165) is 19.0 Å². The van der Waals surface area contributed by atoms with Crippen LogP contribution < -0.4 is 0 Å². The molecule has 3 aromatic heterocycles. The zero-order valence-corrected chi connectivity index (χ0v) is 12.9. The summed E-state index contributed by atoms with van der Waals surface area (Å²) in [7, 11) is 0. The van der Waals surface area contributed by atoms with Crippen LogP contribution in [0.15, 0.2) is 18.6 Å². The molecule has 0 amide bonds. The first-order valence-electron chi connectivity index (χ1n) is 7.11. The fourth-order valence-corrected chi connectivity index (χ4v) is 2.84. The summed E-state index contributed by atoms with van der Waals surface area (Å²) in [6, 6.07) is 1.95. The van der Waals surface area contributed by atoms with Crippen LogP contribution in [-0.2, 0) is 0 Å². The standard InChI is InChI=1S/C15H11ClFN5O/c1-7(23)11-4-9-12(13-10(17)5-18-15(16)21-13)19-6-20-14(9)22(11)8-2-3-8/h4-6,8H,2-3H2,1H3. The van der Waals surface area contributed by atoms with Crippen molar-refractivity contribution in [2.75, 3.05) is 0 Å². The molecule has 0 unspecified atom stereocenters. The van der Waals surface area contributed by atoms with E-state index < -0.39 is 5.82 Å². The fraction of sp³-hybridized carbons (Fsp3) is 0.267. The molecule has 0 radical (unpaired) electrons. The monoisotopic (exact) mass is 331 g/mol. The topological polar surface area (TPSA) is 73.6 Å². The fourth-order valence-electron chi connectivity index (χ4n) is 2.71. The second-order valence-electron chi connectivity index (χ2n) is 5.48. The van der Waals surface area contributed by atoms with Crippen LogP contribution in [0, 0.1) is 5.82 Å². The normalized spacial score (nSPS) is 14.4. The van der Waals surface area contributed by atoms with E-state index in [4.69, 9.17) is 11.6 Å². The molecule has 0 N–H and O–H groups in total. The molecule has 4 rings (SSSR count). The Hall–Kier alpha value is -2.41. The maximum Gasteiger partial charge on any atom is 0.223 e. The molecular weight excluding hydrogens is 321 g/mol. The number of hydrogen-bond donors (Lipinski definition) is 0. The van der Waals surface area contributed by atoms with Crippen LogP contribution in [0.4, 0.5) is 4.39 Å². The Morgan fingerprint density at radius 1 is 1.30 bits per heavy atom. The highest BCUT2D eigenvalue weighted by Crippen LogP contribution is 2.40. The number of hydrogen-bond acceptors (Lipinski definition) is 5. The number of carbonyl (C=O) groups excluding carboxylic acids is 1. The van der Waals surface area contributed by atoms with Gasteiger partial charge in [0.15, 0.2) is 11.6 Å². The lowest BCUT2D eigenvalue weighted by Gasteiger charge is -2.06. The number of Topliss-reactive ketones (excluding diaryl/α,β-unsaturated/α-hetero) is 1. The van der Waals surface area contributed by atoms with Crippen LogP contribution in [0.1, 0.15) is 36.3 Å². The molecule has 0 bridgehead atoms. The minimum absolute atomic E-state index is 0.000416. The maximum absolute atomic E-state index is 14.1. The van der Waals surface area contributed by atoms with Crippen molar-refractivity contribution in [1.29, 1.82) is 0 Å². The number of nitrogens with zero attached hydrogens (tertiary/aromatic N) is 5. The summed E-state index contributed by atoms with van der Waals surface area (Å²) in [4.78, 5) is 27.9. The molecule has 3 aromatic rings.